The summed E-state index contributed by atoms with van der Waals surface area (Å²) >= 11 is 0. The fourth-order valence-corrected chi connectivity index (χ4v) is 4.23. The molecule has 0 aliphatic carbocycles. The predicted molar refractivity (Wildman–Crippen MR) is 112 cm³/mol. The number of halogens is 1. The molecule has 7 heteroatoms. The van der Waals surface area contributed by atoms with Crippen molar-refractivity contribution in [3.8, 4) is 5.75 Å². The van der Waals surface area contributed by atoms with Gasteiger partial charge in [-0.15, -0.1) is 0 Å². The van der Waals surface area contributed by atoms with Gasteiger partial charge in [-0.3, -0.25) is 9.59 Å². The Labute approximate surface area is 179 Å². The van der Waals surface area contributed by atoms with Gasteiger partial charge in [-0.2, -0.15) is 0 Å². The van der Waals surface area contributed by atoms with E-state index in [0.29, 0.717) is 25.0 Å². The van der Waals surface area contributed by atoms with E-state index in [1.807, 2.05) is 6.92 Å². The van der Waals surface area contributed by atoms with Gasteiger partial charge in [0.05, 0.1) is 11.6 Å². The van der Waals surface area contributed by atoms with Crippen LogP contribution in [0, 0.1) is 5.82 Å². The molecule has 162 valence electrons. The number of rotatable bonds is 6. The SMILES string of the molecule is COCCCN1C(=O)C(=O)/C(=C(\O)c2ccc3c(c2)CC(C)O3)C1c1ccccc1F. The molecule has 2 aliphatic rings. The van der Waals surface area contributed by atoms with Crippen LogP contribution in [-0.2, 0) is 20.7 Å². The molecule has 6 nitrogen and oxygen atoms in total. The molecule has 2 aliphatic heterocycles. The third kappa shape index (κ3) is 3.81. The van der Waals surface area contributed by atoms with E-state index < -0.39 is 23.5 Å². The number of Topliss-reactive ketones (excluding diaryl/α,β-unsaturated/α-hetero) is 1. The number of methoxy groups -OCH3 is 1. The molecule has 2 atom stereocenters. The van der Waals surface area contributed by atoms with Gasteiger partial charge in [-0.25, -0.2) is 4.39 Å². The van der Waals surface area contributed by atoms with Crippen LogP contribution in [0.3, 0.4) is 0 Å². The fourth-order valence-electron chi connectivity index (χ4n) is 4.23. The third-order valence-corrected chi connectivity index (χ3v) is 5.66. The maximum atomic E-state index is 14.7. The van der Waals surface area contributed by atoms with Crippen LogP contribution >= 0.6 is 0 Å². The van der Waals surface area contributed by atoms with Crippen molar-refractivity contribution in [1.29, 1.82) is 0 Å². The summed E-state index contributed by atoms with van der Waals surface area (Å²) in [6.07, 6.45) is 1.18. The molecule has 0 saturated carbocycles. The van der Waals surface area contributed by atoms with Crippen LogP contribution in [0.25, 0.3) is 5.76 Å². The highest BCUT2D eigenvalue weighted by molar-refractivity contribution is 6.46. The minimum Gasteiger partial charge on any atom is -0.507 e. The molecule has 0 aromatic heterocycles. The Bertz CT molecular complexity index is 1060. The Balaban J connectivity index is 1.82. The van der Waals surface area contributed by atoms with E-state index in [2.05, 4.69) is 0 Å². The number of ketones is 1. The Morgan fingerprint density at radius 2 is 2.03 bits per heavy atom. The van der Waals surface area contributed by atoms with Crippen LogP contribution in [0.15, 0.2) is 48.0 Å². The van der Waals surface area contributed by atoms with E-state index in [9.17, 15) is 19.1 Å². The number of aliphatic hydroxyl groups is 1. The molecule has 1 fully saturated rings. The number of benzene rings is 2. The number of ether oxygens (including phenoxy) is 2. The maximum Gasteiger partial charge on any atom is 0.295 e. The van der Waals surface area contributed by atoms with Gasteiger partial charge in [-0.1, -0.05) is 18.2 Å². The molecule has 0 radical (unpaired) electrons. The molecular weight excluding hydrogens is 401 g/mol. The first-order valence-electron chi connectivity index (χ1n) is 10.2. The van der Waals surface area contributed by atoms with Crippen LogP contribution in [0.5, 0.6) is 5.75 Å². The number of aliphatic hydroxyl groups excluding tert-OH is 1. The molecule has 1 saturated heterocycles. The molecule has 2 aromatic carbocycles. The summed E-state index contributed by atoms with van der Waals surface area (Å²) in [6, 6.07) is 10.1. The standard InChI is InChI=1S/C24H24FNO5/c1-14-12-16-13-15(8-9-19(16)31-14)22(27)20-21(17-6-3-4-7-18(17)25)26(10-5-11-30-2)24(29)23(20)28/h3-4,6-9,13-14,21,27H,5,10-12H2,1-2H3/b22-20-. The molecule has 0 bridgehead atoms. The van der Waals surface area contributed by atoms with Crippen molar-refractivity contribution < 1.29 is 28.6 Å². The number of carbonyl (C=O) groups is 2. The highest BCUT2D eigenvalue weighted by Crippen LogP contribution is 2.41. The summed E-state index contributed by atoms with van der Waals surface area (Å²) in [6.45, 7) is 2.53. The zero-order valence-corrected chi connectivity index (χ0v) is 17.4. The van der Waals surface area contributed by atoms with Crippen molar-refractivity contribution in [2.75, 3.05) is 20.3 Å². The average molecular weight is 425 g/mol. The van der Waals surface area contributed by atoms with Crippen molar-refractivity contribution in [1.82, 2.24) is 4.90 Å². The van der Waals surface area contributed by atoms with Crippen LogP contribution in [0.2, 0.25) is 0 Å². The van der Waals surface area contributed by atoms with Gasteiger partial charge in [0.2, 0.25) is 0 Å². The fraction of sp³-hybridized carbons (Fsp3) is 0.333. The van der Waals surface area contributed by atoms with Gasteiger partial charge in [0.1, 0.15) is 23.4 Å². The normalized spacial score (nSPS) is 22.0. The monoisotopic (exact) mass is 425 g/mol. The molecule has 1 amide bonds. The Morgan fingerprint density at radius 1 is 1.26 bits per heavy atom. The molecule has 2 unspecified atom stereocenters. The van der Waals surface area contributed by atoms with E-state index in [1.54, 1.807) is 31.4 Å². The van der Waals surface area contributed by atoms with Gasteiger partial charge >= 0.3 is 0 Å². The Kier molecular flexibility index (Phi) is 5.78. The number of likely N-dealkylation sites (tertiary alicyclic amines) is 1. The summed E-state index contributed by atoms with van der Waals surface area (Å²) in [4.78, 5) is 27.1. The van der Waals surface area contributed by atoms with Crippen LogP contribution in [0.4, 0.5) is 4.39 Å². The van der Waals surface area contributed by atoms with E-state index >= 15 is 0 Å². The zero-order valence-electron chi connectivity index (χ0n) is 17.4. The molecular formula is C24H24FNO5. The van der Waals surface area contributed by atoms with Crippen molar-refractivity contribution >= 4 is 17.4 Å². The lowest BCUT2D eigenvalue weighted by molar-refractivity contribution is -0.140. The summed E-state index contributed by atoms with van der Waals surface area (Å²) in [5.74, 6) is -1.72. The second-order valence-corrected chi connectivity index (χ2v) is 7.82. The van der Waals surface area contributed by atoms with Gasteiger partial charge in [-0.05, 0) is 43.2 Å². The number of amides is 1. The minimum atomic E-state index is -1.01. The first-order valence-corrected chi connectivity index (χ1v) is 10.2. The lowest BCUT2D eigenvalue weighted by atomic mass is 9.94. The summed E-state index contributed by atoms with van der Waals surface area (Å²) in [7, 11) is 1.54. The lowest BCUT2D eigenvalue weighted by Crippen LogP contribution is -2.31. The predicted octanol–water partition coefficient (Wildman–Crippen LogP) is 3.61. The smallest absolute Gasteiger partial charge is 0.295 e. The second kappa shape index (κ2) is 8.51. The topological polar surface area (TPSA) is 76.1 Å². The summed E-state index contributed by atoms with van der Waals surface area (Å²) in [5, 5.41) is 11.1. The van der Waals surface area contributed by atoms with Gasteiger partial charge < -0.3 is 19.5 Å². The van der Waals surface area contributed by atoms with Gasteiger partial charge in [0, 0.05) is 37.8 Å². The largest absolute Gasteiger partial charge is 0.507 e. The zero-order chi connectivity index (χ0) is 22.1. The highest BCUT2D eigenvalue weighted by Gasteiger charge is 2.46. The van der Waals surface area contributed by atoms with Crippen molar-refractivity contribution in [3.63, 3.8) is 0 Å². The van der Waals surface area contributed by atoms with Crippen LogP contribution < -0.4 is 4.74 Å². The van der Waals surface area contributed by atoms with Crippen molar-refractivity contribution in [2.24, 2.45) is 0 Å². The van der Waals surface area contributed by atoms with Gasteiger partial charge in [0.15, 0.2) is 0 Å². The summed E-state index contributed by atoms with van der Waals surface area (Å²) < 4.78 is 25.5. The van der Waals surface area contributed by atoms with Crippen molar-refractivity contribution in [3.05, 3.63) is 70.5 Å². The first-order chi connectivity index (χ1) is 14.9. The Morgan fingerprint density at radius 3 is 2.77 bits per heavy atom. The number of carbonyl (C=O) groups excluding carboxylic acids is 2. The lowest BCUT2D eigenvalue weighted by Gasteiger charge is -2.25. The molecule has 0 spiro atoms. The molecule has 2 heterocycles. The van der Waals surface area contributed by atoms with E-state index in [1.165, 1.54) is 23.1 Å². The average Bonchev–Trinajstić information content (AvgIpc) is 3.24. The number of fused-ring (bicyclic) bond motifs is 1. The first kappa shape index (κ1) is 21.1. The third-order valence-electron chi connectivity index (χ3n) is 5.66. The Hall–Kier alpha value is -3.19. The highest BCUT2D eigenvalue weighted by atomic mass is 19.1. The molecule has 4 rings (SSSR count). The minimum absolute atomic E-state index is 0.0252. The van der Waals surface area contributed by atoms with Gasteiger partial charge in [0.25, 0.3) is 11.7 Å². The number of nitrogens with zero attached hydrogens (tertiary/aromatic N) is 1. The maximum absolute atomic E-state index is 14.7. The number of hydrogen-bond acceptors (Lipinski definition) is 5. The molecule has 2 aromatic rings. The van der Waals surface area contributed by atoms with Crippen LogP contribution in [-0.4, -0.2) is 48.1 Å². The quantitative estimate of drug-likeness (QED) is 0.331. The van der Waals surface area contributed by atoms with Crippen molar-refractivity contribution in [2.45, 2.75) is 31.9 Å². The molecule has 31 heavy (non-hydrogen) atoms. The van der Waals surface area contributed by atoms with E-state index in [0.717, 1.165) is 11.3 Å². The van der Waals surface area contributed by atoms with E-state index in [-0.39, 0.29) is 29.5 Å². The second-order valence-electron chi connectivity index (χ2n) is 7.82. The van der Waals surface area contributed by atoms with Crippen LogP contribution in [0.1, 0.15) is 36.1 Å². The molecule has 1 N–H and O–H groups in total. The summed E-state index contributed by atoms with van der Waals surface area (Å²) in [5.41, 5.74) is 1.36. The number of hydrogen-bond donors (Lipinski definition) is 1. The van der Waals surface area contributed by atoms with E-state index in [4.69, 9.17) is 9.47 Å².